The van der Waals surface area contributed by atoms with Gasteiger partial charge < -0.3 is 0 Å². The molecule has 0 aliphatic heterocycles. The minimum Gasteiger partial charge on any atom is -0.250 e. The monoisotopic (exact) mass is 217 g/mol. The molecule has 13 heavy (non-hydrogen) atoms. The third-order valence-corrected chi connectivity index (χ3v) is 3.58. The van der Waals surface area contributed by atoms with Crippen LogP contribution in [0, 0.1) is 0 Å². The smallest absolute Gasteiger partial charge is 0.0731 e. The van der Waals surface area contributed by atoms with Crippen LogP contribution in [0.25, 0.3) is 0 Å². The molecule has 0 spiro atoms. The third-order valence-electron chi connectivity index (χ3n) is 1.66. The Hall–Kier alpha value is -0.540. The molecule has 72 valence electrons. The van der Waals surface area contributed by atoms with E-state index in [1.165, 1.54) is 0 Å². The molecule has 1 aromatic carbocycles. The predicted octanol–water partition coefficient (Wildman–Crippen LogP) is 3.09. The Bertz CT molecular complexity index is 391. The van der Waals surface area contributed by atoms with Gasteiger partial charge in [-0.05, 0) is 24.3 Å². The van der Waals surface area contributed by atoms with E-state index in [0.29, 0.717) is 10.8 Å². The Labute approximate surface area is 84.1 Å². The van der Waals surface area contributed by atoms with Gasteiger partial charge in [-0.25, -0.2) is 4.21 Å². The average Bonchev–Trinajstić information content (AvgIpc) is 2.09. The van der Waals surface area contributed by atoms with E-state index in [9.17, 15) is 4.21 Å². The van der Waals surface area contributed by atoms with E-state index >= 15 is 0 Å². The van der Waals surface area contributed by atoms with Crippen molar-refractivity contribution in [2.45, 2.75) is 6.92 Å². The van der Waals surface area contributed by atoms with Crippen molar-refractivity contribution in [3.63, 3.8) is 0 Å². The number of hydrogen-bond acceptors (Lipinski definition) is 2. The molecule has 0 saturated heterocycles. The average molecular weight is 218 g/mol. The summed E-state index contributed by atoms with van der Waals surface area (Å²) in [6.07, 6.45) is 1.65. The zero-order chi connectivity index (χ0) is 9.90. The summed E-state index contributed by atoms with van der Waals surface area (Å²) < 4.78 is 15.7. The van der Waals surface area contributed by atoms with Gasteiger partial charge in [-0.1, -0.05) is 18.5 Å². The summed E-state index contributed by atoms with van der Waals surface area (Å²) >= 11 is 5.70. The lowest BCUT2D eigenvalue weighted by molar-refractivity contribution is 0.681. The van der Waals surface area contributed by atoms with Crippen molar-refractivity contribution >= 4 is 27.0 Å². The topological polar surface area (TPSA) is 29.4 Å². The molecule has 0 aromatic heterocycles. The molecule has 0 bridgehead atoms. The SMILES string of the molecule is CC[S@@](C)(=O)=Nc1ccc(Cl)cc1. The Kier molecular flexibility index (Phi) is 3.33. The molecular weight excluding hydrogens is 206 g/mol. The largest absolute Gasteiger partial charge is 0.250 e. The maximum atomic E-state index is 11.6. The summed E-state index contributed by atoms with van der Waals surface area (Å²) in [5.74, 6) is 0.565. The van der Waals surface area contributed by atoms with Crippen molar-refractivity contribution in [3.05, 3.63) is 29.3 Å². The van der Waals surface area contributed by atoms with Crippen LogP contribution in [0.15, 0.2) is 28.6 Å². The normalized spacial score (nSPS) is 15.0. The molecule has 0 aliphatic rings. The zero-order valence-electron chi connectivity index (χ0n) is 7.66. The van der Waals surface area contributed by atoms with E-state index in [1.807, 2.05) is 6.92 Å². The molecule has 0 aliphatic carbocycles. The van der Waals surface area contributed by atoms with E-state index in [1.54, 1.807) is 30.5 Å². The fourth-order valence-electron chi connectivity index (χ4n) is 0.789. The van der Waals surface area contributed by atoms with Gasteiger partial charge >= 0.3 is 0 Å². The van der Waals surface area contributed by atoms with Crippen LogP contribution >= 0.6 is 11.6 Å². The highest BCUT2D eigenvalue weighted by Gasteiger charge is 1.97. The van der Waals surface area contributed by atoms with E-state index in [-0.39, 0.29) is 0 Å². The highest BCUT2D eigenvalue weighted by atomic mass is 35.5. The second-order valence-electron chi connectivity index (χ2n) is 2.82. The van der Waals surface area contributed by atoms with E-state index in [0.717, 1.165) is 5.69 Å². The first-order valence-electron chi connectivity index (χ1n) is 3.99. The molecule has 1 atom stereocenters. The maximum absolute atomic E-state index is 11.6. The molecule has 0 saturated carbocycles. The molecular formula is C9H12ClNOS. The van der Waals surface area contributed by atoms with Crippen LogP contribution in [-0.4, -0.2) is 16.2 Å². The van der Waals surface area contributed by atoms with Gasteiger partial charge in [0.1, 0.15) is 0 Å². The Morgan fingerprint density at radius 1 is 1.38 bits per heavy atom. The van der Waals surface area contributed by atoms with Crippen LogP contribution in [0.5, 0.6) is 0 Å². The molecule has 0 fully saturated rings. The summed E-state index contributed by atoms with van der Waals surface area (Å²) in [6.45, 7) is 1.86. The summed E-state index contributed by atoms with van der Waals surface area (Å²) in [5, 5.41) is 0.665. The number of hydrogen-bond donors (Lipinski definition) is 0. The number of benzene rings is 1. The quantitative estimate of drug-likeness (QED) is 0.749. The minimum absolute atomic E-state index is 0.565. The molecule has 2 nitrogen and oxygen atoms in total. The van der Waals surface area contributed by atoms with Gasteiger partial charge in [0.2, 0.25) is 0 Å². The standard InChI is InChI=1S/C9H12ClNOS/c1-3-13(2,12)11-9-6-4-8(10)5-7-9/h4-7H,3H2,1-2H3/t13-/m1/s1. The van der Waals surface area contributed by atoms with Gasteiger partial charge in [0.05, 0.1) is 5.69 Å². The molecule has 0 amide bonds. The van der Waals surface area contributed by atoms with Crippen LogP contribution in [-0.2, 0) is 9.73 Å². The molecule has 4 heteroatoms. The predicted molar refractivity (Wildman–Crippen MR) is 58.1 cm³/mol. The summed E-state index contributed by atoms with van der Waals surface area (Å²) in [4.78, 5) is 0. The van der Waals surface area contributed by atoms with E-state index in [2.05, 4.69) is 4.36 Å². The molecule has 0 radical (unpaired) electrons. The minimum atomic E-state index is -2.05. The van der Waals surface area contributed by atoms with Crippen LogP contribution in [0.4, 0.5) is 5.69 Å². The lowest BCUT2D eigenvalue weighted by Gasteiger charge is -1.99. The van der Waals surface area contributed by atoms with Crippen molar-refractivity contribution in [2.75, 3.05) is 12.0 Å². The fourth-order valence-corrected chi connectivity index (χ4v) is 1.61. The molecule has 1 aromatic rings. The highest BCUT2D eigenvalue weighted by Crippen LogP contribution is 2.17. The summed E-state index contributed by atoms with van der Waals surface area (Å²) in [6, 6.07) is 7.01. The van der Waals surface area contributed by atoms with Crippen LogP contribution < -0.4 is 0 Å². The van der Waals surface area contributed by atoms with Crippen LogP contribution in [0.1, 0.15) is 6.92 Å². The van der Waals surface area contributed by atoms with Gasteiger partial charge in [0.15, 0.2) is 0 Å². The van der Waals surface area contributed by atoms with Crippen molar-refractivity contribution < 1.29 is 4.21 Å². The summed E-state index contributed by atoms with van der Waals surface area (Å²) in [7, 11) is -2.05. The van der Waals surface area contributed by atoms with Gasteiger partial charge in [-0.3, -0.25) is 0 Å². The van der Waals surface area contributed by atoms with Gasteiger partial charge in [0, 0.05) is 26.8 Å². The van der Waals surface area contributed by atoms with Crippen molar-refractivity contribution in [1.82, 2.24) is 0 Å². The molecule has 0 heterocycles. The second-order valence-corrected chi connectivity index (χ2v) is 5.93. The Balaban J connectivity index is 3.06. The van der Waals surface area contributed by atoms with E-state index < -0.39 is 9.73 Å². The van der Waals surface area contributed by atoms with E-state index in [4.69, 9.17) is 11.6 Å². The molecule has 0 unspecified atom stereocenters. The highest BCUT2D eigenvalue weighted by molar-refractivity contribution is 7.93. The van der Waals surface area contributed by atoms with Crippen LogP contribution in [0.3, 0.4) is 0 Å². The van der Waals surface area contributed by atoms with Crippen molar-refractivity contribution in [1.29, 1.82) is 0 Å². The van der Waals surface area contributed by atoms with Gasteiger partial charge in [-0.2, -0.15) is 4.36 Å². The fraction of sp³-hybridized carbons (Fsp3) is 0.333. The second kappa shape index (κ2) is 4.11. The van der Waals surface area contributed by atoms with Crippen molar-refractivity contribution in [3.8, 4) is 0 Å². The lowest BCUT2D eigenvalue weighted by Crippen LogP contribution is -1.97. The lowest BCUT2D eigenvalue weighted by atomic mass is 10.3. The van der Waals surface area contributed by atoms with Gasteiger partial charge in [0.25, 0.3) is 0 Å². The Morgan fingerprint density at radius 2 is 1.92 bits per heavy atom. The zero-order valence-corrected chi connectivity index (χ0v) is 9.23. The summed E-state index contributed by atoms with van der Waals surface area (Å²) in [5.41, 5.74) is 0.721. The van der Waals surface area contributed by atoms with Gasteiger partial charge in [-0.15, -0.1) is 0 Å². The number of nitrogens with zero attached hydrogens (tertiary/aromatic N) is 1. The maximum Gasteiger partial charge on any atom is 0.0731 e. The third kappa shape index (κ3) is 3.36. The first kappa shape index (κ1) is 10.5. The first-order valence-corrected chi connectivity index (χ1v) is 6.46. The number of halogens is 1. The first-order chi connectivity index (χ1) is 6.03. The molecule has 0 N–H and O–H groups in total. The number of rotatable bonds is 2. The Morgan fingerprint density at radius 3 is 2.38 bits per heavy atom. The van der Waals surface area contributed by atoms with Crippen molar-refractivity contribution in [2.24, 2.45) is 4.36 Å². The molecule has 1 rings (SSSR count). The van der Waals surface area contributed by atoms with Crippen LogP contribution in [0.2, 0.25) is 5.02 Å².